The zero-order valence-electron chi connectivity index (χ0n) is 7.67. The molecule has 0 aromatic carbocycles. The second-order valence-corrected chi connectivity index (χ2v) is 4.12. The van der Waals surface area contributed by atoms with Gasteiger partial charge in [0.05, 0.1) is 3.72 Å². The Morgan fingerprint density at radius 2 is 2.15 bits per heavy atom. The Bertz CT molecular complexity index is 261. The summed E-state index contributed by atoms with van der Waals surface area (Å²) in [6.45, 7) is 4.89. The Morgan fingerprint density at radius 3 is 3.00 bits per heavy atom. The minimum absolute atomic E-state index is 0.930. The molecule has 70 valence electrons. The van der Waals surface area contributed by atoms with E-state index in [1.165, 1.54) is 0 Å². The Kier molecular flexibility index (Phi) is 5.05. The van der Waals surface area contributed by atoms with Crippen molar-refractivity contribution in [2.75, 3.05) is 6.54 Å². The number of rotatable bonds is 0. The Balaban J connectivity index is 2.63. The average Bonchev–Trinajstić information content (AvgIpc) is 2.15. The fourth-order valence-electron chi connectivity index (χ4n) is 1.05. The molecule has 1 rings (SSSR count). The third kappa shape index (κ3) is 5.03. The maximum Gasteiger partial charge on any atom is 0.0953 e. The Hall–Kier alpha value is -0.380. The summed E-state index contributed by atoms with van der Waals surface area (Å²) in [7, 11) is 0. The summed E-state index contributed by atoms with van der Waals surface area (Å²) >= 11 is 2.25. The molecule has 1 heterocycles. The molecule has 0 aromatic heterocycles. The Morgan fingerprint density at radius 1 is 1.31 bits per heavy atom. The van der Waals surface area contributed by atoms with Gasteiger partial charge in [0.2, 0.25) is 0 Å². The molecule has 0 bridgehead atoms. The largest absolute Gasteiger partial charge is 0.279 e. The van der Waals surface area contributed by atoms with Crippen LogP contribution in [0.3, 0.4) is 0 Å². The molecule has 0 atom stereocenters. The number of halogens is 1. The fraction of sp³-hybridized carbons (Fsp3) is 0.364. The van der Waals surface area contributed by atoms with Gasteiger partial charge in [-0.1, -0.05) is 30.4 Å². The molecule has 1 nitrogen and oxygen atoms in total. The van der Waals surface area contributed by atoms with E-state index >= 15 is 0 Å². The highest BCUT2D eigenvalue weighted by Crippen LogP contribution is 2.06. The predicted octanol–water partition coefficient (Wildman–Crippen LogP) is 3.67. The molecule has 13 heavy (non-hydrogen) atoms. The van der Waals surface area contributed by atoms with Crippen molar-refractivity contribution in [3.63, 3.8) is 0 Å². The van der Waals surface area contributed by atoms with E-state index in [9.17, 15) is 0 Å². The van der Waals surface area contributed by atoms with Crippen molar-refractivity contribution in [3.8, 4) is 0 Å². The molecule has 0 aliphatic carbocycles. The predicted molar refractivity (Wildman–Crippen MR) is 67.6 cm³/mol. The van der Waals surface area contributed by atoms with Crippen molar-refractivity contribution < 1.29 is 0 Å². The second kappa shape index (κ2) is 6.13. The normalized spacial score (nSPS) is 28.4. The summed E-state index contributed by atoms with van der Waals surface area (Å²) in [4.78, 5) is 4.40. The van der Waals surface area contributed by atoms with Crippen LogP contribution in [0.1, 0.15) is 19.3 Å². The van der Waals surface area contributed by atoms with Crippen molar-refractivity contribution in [1.82, 2.24) is 0 Å². The highest BCUT2D eigenvalue weighted by Gasteiger charge is 1.91. The highest BCUT2D eigenvalue weighted by atomic mass is 127. The smallest absolute Gasteiger partial charge is 0.0953 e. The molecule has 0 fully saturated rings. The van der Waals surface area contributed by atoms with Crippen molar-refractivity contribution in [3.05, 3.63) is 36.5 Å². The van der Waals surface area contributed by atoms with Gasteiger partial charge in [0, 0.05) is 6.54 Å². The van der Waals surface area contributed by atoms with E-state index < -0.39 is 0 Å². The number of hydrogen-bond donors (Lipinski definition) is 0. The number of hydrogen-bond acceptors (Lipinski definition) is 1. The summed E-state index contributed by atoms with van der Waals surface area (Å²) < 4.78 is 1.07. The van der Waals surface area contributed by atoms with Crippen molar-refractivity contribution in [2.45, 2.75) is 19.3 Å². The number of aliphatic imine (C=N–C) groups is 1. The molecule has 2 heteroatoms. The van der Waals surface area contributed by atoms with E-state index in [0.29, 0.717) is 0 Å². The van der Waals surface area contributed by atoms with Gasteiger partial charge in [-0.25, -0.2) is 0 Å². The minimum Gasteiger partial charge on any atom is -0.279 e. The molecule has 0 saturated heterocycles. The molecule has 1 aliphatic rings. The van der Waals surface area contributed by atoms with Gasteiger partial charge >= 0.3 is 0 Å². The monoisotopic (exact) mass is 287 g/mol. The van der Waals surface area contributed by atoms with Gasteiger partial charge in [0.1, 0.15) is 0 Å². The summed E-state index contributed by atoms with van der Waals surface area (Å²) in [5.74, 6) is 0. The zero-order chi connectivity index (χ0) is 9.52. The van der Waals surface area contributed by atoms with E-state index in [2.05, 4.69) is 46.3 Å². The number of nitrogens with zero attached hydrogens (tertiary/aromatic N) is 1. The van der Waals surface area contributed by atoms with Gasteiger partial charge < -0.3 is 0 Å². The molecule has 0 radical (unpaired) electrons. The van der Waals surface area contributed by atoms with E-state index in [4.69, 9.17) is 0 Å². The first-order chi connectivity index (χ1) is 6.29. The van der Waals surface area contributed by atoms with Crippen LogP contribution in [0, 0.1) is 0 Å². The third-order valence-electron chi connectivity index (χ3n) is 1.80. The summed E-state index contributed by atoms with van der Waals surface area (Å²) in [6.07, 6.45) is 11.7. The van der Waals surface area contributed by atoms with Crippen LogP contribution in [0.4, 0.5) is 0 Å². The van der Waals surface area contributed by atoms with Crippen LogP contribution in [0.15, 0.2) is 41.4 Å². The lowest BCUT2D eigenvalue weighted by atomic mass is 10.2. The summed E-state index contributed by atoms with van der Waals surface area (Å²) in [6, 6.07) is 0. The standard InChI is InChI=1S/C11H14IN/c1-10-6-4-2-3-5-9-13-11(12)8-7-10/h2,4,7-8H,1,3,5-6,9H2/b4-2-,8-7-,13-11+. The van der Waals surface area contributed by atoms with Crippen LogP contribution < -0.4 is 0 Å². The van der Waals surface area contributed by atoms with E-state index in [0.717, 1.165) is 35.1 Å². The molecule has 1 aliphatic heterocycles. The highest BCUT2D eigenvalue weighted by molar-refractivity contribution is 14.1. The molecule has 0 unspecified atom stereocenters. The molecule has 0 aromatic rings. The van der Waals surface area contributed by atoms with E-state index in [1.54, 1.807) is 0 Å². The third-order valence-corrected chi connectivity index (χ3v) is 2.50. The van der Waals surface area contributed by atoms with Gasteiger partial charge in [-0.05, 0) is 47.9 Å². The molecule has 0 N–H and O–H groups in total. The van der Waals surface area contributed by atoms with Gasteiger partial charge in [-0.15, -0.1) is 0 Å². The first-order valence-electron chi connectivity index (χ1n) is 4.50. The van der Waals surface area contributed by atoms with Crippen LogP contribution in [0.5, 0.6) is 0 Å². The lowest BCUT2D eigenvalue weighted by molar-refractivity contribution is 0.857. The van der Waals surface area contributed by atoms with Crippen LogP contribution in [0.2, 0.25) is 0 Å². The van der Waals surface area contributed by atoms with E-state index in [1.807, 2.05) is 12.2 Å². The van der Waals surface area contributed by atoms with Crippen molar-refractivity contribution in [1.29, 1.82) is 0 Å². The van der Waals surface area contributed by atoms with Gasteiger partial charge in [-0.3, -0.25) is 4.99 Å². The van der Waals surface area contributed by atoms with Crippen LogP contribution in [-0.2, 0) is 0 Å². The molecule has 0 spiro atoms. The Labute approximate surface area is 93.5 Å². The molecule has 0 saturated carbocycles. The van der Waals surface area contributed by atoms with Crippen LogP contribution in [-0.4, -0.2) is 10.3 Å². The molecular formula is C11H14IN. The fourth-order valence-corrected chi connectivity index (χ4v) is 1.48. The summed E-state index contributed by atoms with van der Waals surface area (Å²) in [5, 5.41) is 0. The maximum atomic E-state index is 4.40. The quantitative estimate of drug-likeness (QED) is 0.476. The van der Waals surface area contributed by atoms with Crippen LogP contribution in [0.25, 0.3) is 0 Å². The average molecular weight is 287 g/mol. The van der Waals surface area contributed by atoms with Gasteiger partial charge in [0.15, 0.2) is 0 Å². The SMILES string of the molecule is C=C1/C=C\C(I)=N/CCC/C=C\C1. The van der Waals surface area contributed by atoms with Crippen LogP contribution >= 0.6 is 22.6 Å². The molecular weight excluding hydrogens is 273 g/mol. The minimum atomic E-state index is 0.930. The van der Waals surface area contributed by atoms with Crippen molar-refractivity contribution >= 4 is 26.3 Å². The lowest BCUT2D eigenvalue weighted by Crippen LogP contribution is -1.84. The van der Waals surface area contributed by atoms with Gasteiger partial charge in [-0.2, -0.15) is 0 Å². The topological polar surface area (TPSA) is 12.4 Å². The first-order valence-corrected chi connectivity index (χ1v) is 5.58. The number of allylic oxidation sites excluding steroid dienone is 5. The summed E-state index contributed by atoms with van der Waals surface area (Å²) in [5.41, 5.74) is 1.14. The maximum absolute atomic E-state index is 4.40. The molecule has 0 amide bonds. The van der Waals surface area contributed by atoms with Gasteiger partial charge in [0.25, 0.3) is 0 Å². The lowest BCUT2D eigenvalue weighted by Gasteiger charge is -1.91. The first kappa shape index (κ1) is 10.7. The second-order valence-electron chi connectivity index (χ2n) is 3.01. The van der Waals surface area contributed by atoms with E-state index in [-0.39, 0.29) is 0 Å². The van der Waals surface area contributed by atoms with Crippen molar-refractivity contribution in [2.24, 2.45) is 4.99 Å². The zero-order valence-corrected chi connectivity index (χ0v) is 9.83.